The van der Waals surface area contributed by atoms with E-state index in [2.05, 4.69) is 42.1 Å². The maximum atomic E-state index is 5.46. The molecule has 2 aliphatic rings. The Kier molecular flexibility index (Phi) is 5.88. The molecule has 144 valence electrons. The quantitative estimate of drug-likeness (QED) is 0.708. The highest BCUT2D eigenvalue weighted by Gasteiger charge is 2.20. The van der Waals surface area contributed by atoms with Crippen molar-refractivity contribution in [2.24, 2.45) is 0 Å². The van der Waals surface area contributed by atoms with Gasteiger partial charge < -0.3 is 14.4 Å². The van der Waals surface area contributed by atoms with E-state index in [0.29, 0.717) is 6.79 Å². The summed E-state index contributed by atoms with van der Waals surface area (Å²) in [4.78, 5) is 13.7. The van der Waals surface area contributed by atoms with Crippen molar-refractivity contribution in [2.75, 3.05) is 37.9 Å². The molecule has 0 bridgehead atoms. The molecule has 4 heterocycles. The van der Waals surface area contributed by atoms with Crippen molar-refractivity contribution in [1.82, 2.24) is 25.1 Å². The molecule has 0 spiro atoms. The highest BCUT2D eigenvalue weighted by molar-refractivity contribution is 5.85. The molecule has 0 radical (unpaired) electrons. The molecule has 1 N–H and O–H groups in total. The maximum absolute atomic E-state index is 5.46. The zero-order valence-corrected chi connectivity index (χ0v) is 16.1. The van der Waals surface area contributed by atoms with Crippen LogP contribution < -0.4 is 14.4 Å². The fourth-order valence-corrected chi connectivity index (χ4v) is 3.28. The van der Waals surface area contributed by atoms with Gasteiger partial charge in [-0.3, -0.25) is 10.00 Å². The number of nitrogens with one attached hydrogen (secondary N) is 1. The van der Waals surface area contributed by atoms with Gasteiger partial charge in [0.1, 0.15) is 0 Å². The number of aromatic amines is 1. The number of rotatable bonds is 3. The monoisotopic (exact) mass is 410 g/mol. The summed E-state index contributed by atoms with van der Waals surface area (Å²) in [5.74, 6) is 2.44. The zero-order chi connectivity index (χ0) is 16.6. The lowest BCUT2D eigenvalue weighted by atomic mass is 10.1. The number of hydrogen-bond acceptors (Lipinski definition) is 7. The Morgan fingerprint density at radius 3 is 2.67 bits per heavy atom. The number of aromatic nitrogens is 4. The number of nitrogens with zero attached hydrogens (tertiary/aromatic N) is 5. The summed E-state index contributed by atoms with van der Waals surface area (Å²) < 4.78 is 10.8. The highest BCUT2D eigenvalue weighted by atomic mass is 35.5. The third-order valence-electron chi connectivity index (χ3n) is 4.68. The van der Waals surface area contributed by atoms with Crippen LogP contribution in [0.1, 0.15) is 5.56 Å². The van der Waals surface area contributed by atoms with Gasteiger partial charge in [-0.25, -0.2) is 4.98 Å². The van der Waals surface area contributed by atoms with Crippen LogP contribution in [0.3, 0.4) is 0 Å². The number of anilines is 1. The Morgan fingerprint density at radius 2 is 1.81 bits per heavy atom. The van der Waals surface area contributed by atoms with Crippen molar-refractivity contribution in [3.8, 4) is 11.5 Å². The Morgan fingerprint density at radius 1 is 1.00 bits per heavy atom. The molecule has 0 saturated carbocycles. The summed E-state index contributed by atoms with van der Waals surface area (Å²) in [5, 5.41) is 7.83. The molecule has 27 heavy (non-hydrogen) atoms. The summed E-state index contributed by atoms with van der Waals surface area (Å²) in [7, 11) is 0. The van der Waals surface area contributed by atoms with E-state index in [1.165, 1.54) is 5.56 Å². The molecule has 0 atom stereocenters. The van der Waals surface area contributed by atoms with Crippen molar-refractivity contribution in [1.29, 1.82) is 0 Å². The van der Waals surface area contributed by atoms with Crippen LogP contribution in [0, 0.1) is 0 Å². The van der Waals surface area contributed by atoms with Gasteiger partial charge in [-0.2, -0.15) is 10.1 Å². The van der Waals surface area contributed by atoms with Crippen LogP contribution in [0.25, 0.3) is 11.0 Å². The first-order chi connectivity index (χ1) is 12.3. The molecule has 1 saturated heterocycles. The van der Waals surface area contributed by atoms with E-state index in [4.69, 9.17) is 9.47 Å². The minimum absolute atomic E-state index is 0. The summed E-state index contributed by atoms with van der Waals surface area (Å²) in [6.45, 7) is 4.98. The first-order valence-corrected chi connectivity index (χ1v) is 8.37. The third-order valence-corrected chi connectivity index (χ3v) is 4.68. The van der Waals surface area contributed by atoms with Crippen LogP contribution in [0.5, 0.6) is 11.5 Å². The number of halogens is 2. The van der Waals surface area contributed by atoms with Crippen molar-refractivity contribution < 1.29 is 9.47 Å². The highest BCUT2D eigenvalue weighted by Crippen LogP contribution is 2.32. The zero-order valence-electron chi connectivity index (χ0n) is 14.5. The van der Waals surface area contributed by atoms with Crippen LogP contribution >= 0.6 is 24.8 Å². The molecule has 2 aliphatic heterocycles. The standard InChI is InChI=1S/C17H18N6O2.2ClH/c1-2-14-15(25-11-24-14)7-12(1)10-22-3-5-23(6-4-22)17-18-8-13-9-19-21-16(13)20-17;;/h1-2,7-9H,3-6,10-11H2,(H,18,19,20,21);2*1H. The van der Waals surface area contributed by atoms with Crippen molar-refractivity contribution in [3.05, 3.63) is 36.2 Å². The van der Waals surface area contributed by atoms with Gasteiger partial charge in [0.25, 0.3) is 0 Å². The van der Waals surface area contributed by atoms with E-state index < -0.39 is 0 Å². The second-order valence-electron chi connectivity index (χ2n) is 6.29. The van der Waals surface area contributed by atoms with Crippen LogP contribution in [0.2, 0.25) is 0 Å². The van der Waals surface area contributed by atoms with Gasteiger partial charge in [-0.05, 0) is 17.7 Å². The molecule has 3 aromatic rings. The number of fused-ring (bicyclic) bond motifs is 2. The number of piperazine rings is 1. The van der Waals surface area contributed by atoms with E-state index in [9.17, 15) is 0 Å². The van der Waals surface area contributed by atoms with Gasteiger partial charge in [0.05, 0.1) is 11.6 Å². The molecule has 0 unspecified atom stereocenters. The normalized spacial score (nSPS) is 16.1. The van der Waals surface area contributed by atoms with Crippen LogP contribution in [0.15, 0.2) is 30.6 Å². The van der Waals surface area contributed by atoms with E-state index >= 15 is 0 Å². The van der Waals surface area contributed by atoms with Crippen molar-refractivity contribution in [2.45, 2.75) is 6.54 Å². The molecule has 0 aliphatic carbocycles. The van der Waals surface area contributed by atoms with Gasteiger partial charge in [-0.15, -0.1) is 24.8 Å². The van der Waals surface area contributed by atoms with E-state index in [1.807, 2.05) is 12.3 Å². The second kappa shape index (κ2) is 8.16. The van der Waals surface area contributed by atoms with E-state index in [0.717, 1.165) is 61.2 Å². The SMILES string of the molecule is Cl.Cl.c1cc2c(cc1CN1CCN(c3ncc4cn[nH]c4n3)CC1)OCO2. The van der Waals surface area contributed by atoms with Gasteiger partial charge in [-0.1, -0.05) is 6.07 Å². The Bertz CT molecular complexity index is 913. The lowest BCUT2D eigenvalue weighted by Crippen LogP contribution is -2.46. The van der Waals surface area contributed by atoms with E-state index in [1.54, 1.807) is 6.20 Å². The predicted molar refractivity (Wildman–Crippen MR) is 106 cm³/mol. The topological polar surface area (TPSA) is 79.4 Å². The smallest absolute Gasteiger partial charge is 0.231 e. The lowest BCUT2D eigenvalue weighted by molar-refractivity contribution is 0.174. The Balaban J connectivity index is 0.00000105. The molecule has 5 rings (SSSR count). The molecule has 2 aromatic heterocycles. The molecular formula is C17H20Cl2N6O2. The number of hydrogen-bond donors (Lipinski definition) is 1. The van der Waals surface area contributed by atoms with Crippen molar-refractivity contribution >= 4 is 41.8 Å². The summed E-state index contributed by atoms with van der Waals surface area (Å²) in [5.41, 5.74) is 2.03. The summed E-state index contributed by atoms with van der Waals surface area (Å²) in [6, 6.07) is 6.17. The Hall–Kier alpha value is -2.29. The first kappa shape index (κ1) is 19.5. The van der Waals surface area contributed by atoms with Gasteiger partial charge in [0, 0.05) is 38.9 Å². The third kappa shape index (κ3) is 3.87. The van der Waals surface area contributed by atoms with Crippen molar-refractivity contribution in [3.63, 3.8) is 0 Å². The molecular weight excluding hydrogens is 391 g/mol. The average molecular weight is 411 g/mol. The van der Waals surface area contributed by atoms with Gasteiger partial charge in [0.15, 0.2) is 17.1 Å². The number of H-pyrrole nitrogens is 1. The summed E-state index contributed by atoms with van der Waals surface area (Å²) in [6.07, 6.45) is 3.56. The average Bonchev–Trinajstić information content (AvgIpc) is 3.30. The van der Waals surface area contributed by atoms with E-state index in [-0.39, 0.29) is 24.8 Å². The fourth-order valence-electron chi connectivity index (χ4n) is 3.28. The first-order valence-electron chi connectivity index (χ1n) is 8.37. The summed E-state index contributed by atoms with van der Waals surface area (Å²) >= 11 is 0. The molecule has 1 aromatic carbocycles. The van der Waals surface area contributed by atoms with Crippen LogP contribution in [-0.4, -0.2) is 58.0 Å². The molecule has 10 heteroatoms. The van der Waals surface area contributed by atoms with Gasteiger partial charge in [0.2, 0.25) is 12.7 Å². The number of ether oxygens (including phenoxy) is 2. The second-order valence-corrected chi connectivity index (χ2v) is 6.29. The molecule has 8 nitrogen and oxygen atoms in total. The minimum atomic E-state index is 0. The predicted octanol–water partition coefficient (Wildman–Crippen LogP) is 2.25. The fraction of sp³-hybridized carbons (Fsp3) is 0.353. The van der Waals surface area contributed by atoms with Crippen LogP contribution in [-0.2, 0) is 6.54 Å². The molecule has 1 fully saturated rings. The minimum Gasteiger partial charge on any atom is -0.454 e. The molecule has 0 amide bonds. The van der Waals surface area contributed by atoms with Crippen LogP contribution in [0.4, 0.5) is 5.95 Å². The Labute approximate surface area is 168 Å². The number of benzene rings is 1. The largest absolute Gasteiger partial charge is 0.454 e. The van der Waals surface area contributed by atoms with Gasteiger partial charge >= 0.3 is 0 Å². The maximum Gasteiger partial charge on any atom is 0.231 e. The lowest BCUT2D eigenvalue weighted by Gasteiger charge is -2.34.